The largest absolute Gasteiger partial charge is 0.400 e. The van der Waals surface area contributed by atoms with Gasteiger partial charge in [0.2, 0.25) is 0 Å². The first-order valence-corrected chi connectivity index (χ1v) is 0.447. The van der Waals surface area contributed by atoms with Crippen molar-refractivity contribution in [3.05, 3.63) is 0 Å². The minimum atomic E-state index is 0. The summed E-state index contributed by atoms with van der Waals surface area (Å²) in [4.78, 5) is 0. The molecule has 0 amide bonds. The average molecular weight is 62.0 g/mol. The monoisotopic (exact) mass is 62.0 g/mol. The van der Waals surface area contributed by atoms with E-state index in [0.29, 0.717) is 0 Å². The van der Waals surface area contributed by atoms with Crippen molar-refractivity contribution in [2.24, 2.45) is 0 Å². The summed E-state index contributed by atoms with van der Waals surface area (Å²) < 4.78 is 0. The van der Waals surface area contributed by atoms with E-state index in [2.05, 4.69) is 0 Å². The van der Waals surface area contributed by atoms with Crippen molar-refractivity contribution >= 4 is 0 Å². The lowest BCUT2D eigenvalue weighted by Crippen LogP contribution is -1.25. The van der Waals surface area contributed by atoms with Crippen molar-refractivity contribution < 1.29 is 10.6 Å². The molecule has 0 rings (SSSR count). The van der Waals surface area contributed by atoms with Crippen LogP contribution in [0.5, 0.6) is 0 Å². The second-order valence-corrected chi connectivity index (χ2v) is 0. The van der Waals surface area contributed by atoms with Gasteiger partial charge >= 0.3 is 0 Å². The molecule has 0 aliphatic heterocycles. The van der Waals surface area contributed by atoms with Gasteiger partial charge in [0.1, 0.15) is 0 Å². The van der Waals surface area contributed by atoms with Crippen LogP contribution < -0.4 is 6.15 Å². The standard InChI is InChI=1S/CH4O.N.O/c1-2;;/h2H,1H3;;. The highest BCUT2D eigenvalue weighted by atomic mass is 16.2. The first kappa shape index (κ1) is 41.6. The summed E-state index contributed by atoms with van der Waals surface area (Å²) in [6.45, 7) is 0. The number of aliphatic hydroxyl groups excluding tert-OH is 1. The third-order valence-corrected chi connectivity index (χ3v) is 0. The van der Waals surface area contributed by atoms with E-state index in [1.807, 2.05) is 0 Å². The van der Waals surface area contributed by atoms with Crippen molar-refractivity contribution in [3.63, 3.8) is 0 Å². The topological polar surface area (TPSA) is 79.2 Å². The summed E-state index contributed by atoms with van der Waals surface area (Å²) in [5.41, 5.74) is 0. The van der Waals surface area contributed by atoms with Crippen molar-refractivity contribution in [3.8, 4) is 0 Å². The second kappa shape index (κ2) is 707. The summed E-state index contributed by atoms with van der Waals surface area (Å²) >= 11 is 0. The third kappa shape index (κ3) is 101. The Hall–Kier alpha value is -0.120. The van der Waals surface area contributed by atoms with E-state index in [1.54, 1.807) is 0 Å². The summed E-state index contributed by atoms with van der Waals surface area (Å²) in [6.07, 6.45) is 0. The minimum Gasteiger partial charge on any atom is -0.400 e. The molecule has 0 saturated heterocycles. The molecule has 0 saturated carbocycles. The zero-order chi connectivity index (χ0) is 2.00. The zero-order valence-corrected chi connectivity index (χ0v) is 2.30. The van der Waals surface area contributed by atoms with E-state index in [9.17, 15) is 0 Å². The molecule has 0 heterocycles. The Kier molecular flexibility index (Phi) is 7340. The molecule has 25 valence electrons. The van der Waals surface area contributed by atoms with Gasteiger partial charge in [-0.1, -0.05) is 0 Å². The normalized spacial score (nSPS) is 1.50. The maximum absolute atomic E-state index is 7.00. The Labute approximate surface area is 25.1 Å². The van der Waals surface area contributed by atoms with Crippen LogP contribution in [0.3, 0.4) is 0 Å². The van der Waals surface area contributed by atoms with Gasteiger partial charge in [-0.15, -0.1) is 0 Å². The van der Waals surface area contributed by atoms with Crippen LogP contribution >= 0.6 is 0 Å². The fraction of sp³-hybridized carbons (Fsp3) is 1.00. The predicted molar refractivity (Wildman–Crippen MR) is 11.0 cm³/mol. The Morgan fingerprint density at radius 1 is 1.25 bits per heavy atom. The predicted octanol–water partition coefficient (Wildman–Crippen LogP) is -0.991. The highest BCUT2D eigenvalue weighted by Gasteiger charge is 0.839. The first-order valence-electron chi connectivity index (χ1n) is 0.447. The molecule has 0 fully saturated rings. The van der Waals surface area contributed by atoms with Gasteiger partial charge in [-0.05, 0) is 0 Å². The van der Waals surface area contributed by atoms with E-state index < -0.39 is 0 Å². The average Bonchev–Trinajstić information content (AvgIpc) is 1.00. The smallest absolute Gasteiger partial charge is 0.0319 e. The lowest BCUT2D eigenvalue weighted by molar-refractivity contribution is 0.399. The molecule has 0 bridgehead atoms. The maximum atomic E-state index is 7.00. The van der Waals surface area contributed by atoms with Crippen molar-refractivity contribution in [2.75, 3.05) is 7.11 Å². The van der Waals surface area contributed by atoms with Gasteiger partial charge in [0.05, 0.1) is 0 Å². The number of aliphatic hydroxyl groups is 1. The van der Waals surface area contributed by atoms with Crippen LogP contribution in [0, 0.1) is 0 Å². The molecule has 0 aliphatic carbocycles. The third-order valence-electron chi connectivity index (χ3n) is 0. The molecule has 5 radical (unpaired) electrons. The summed E-state index contributed by atoms with van der Waals surface area (Å²) in [6, 6.07) is 0. The second-order valence-electron chi connectivity index (χ2n) is 0. The van der Waals surface area contributed by atoms with E-state index in [-0.39, 0.29) is 11.6 Å². The lowest BCUT2D eigenvalue weighted by atomic mass is 11.8. The molecule has 0 aromatic heterocycles. The number of rotatable bonds is 0. The molecule has 1 N–H and O–H groups in total. The Morgan fingerprint density at radius 2 is 1.25 bits per heavy atom. The Morgan fingerprint density at radius 3 is 1.25 bits per heavy atom. The van der Waals surface area contributed by atoms with Crippen LogP contribution in [0.1, 0.15) is 0 Å². The van der Waals surface area contributed by atoms with Crippen LogP contribution in [0.25, 0.3) is 0 Å². The summed E-state index contributed by atoms with van der Waals surface area (Å²) in [5.74, 6) is 0. The quantitative estimate of drug-likeness (QED) is 0.384. The molecule has 4 heavy (non-hydrogen) atoms. The van der Waals surface area contributed by atoms with Crippen LogP contribution in [-0.2, 0) is 5.48 Å². The molecule has 0 aliphatic rings. The molecule has 3 nitrogen and oxygen atoms in total. The molecule has 0 aromatic rings. The van der Waals surface area contributed by atoms with Crippen molar-refractivity contribution in [1.82, 2.24) is 6.15 Å². The highest BCUT2D eigenvalue weighted by Crippen LogP contribution is 0.755. The van der Waals surface area contributed by atoms with Crippen LogP contribution in [0.4, 0.5) is 0 Å². The molecular weight excluding hydrogens is 58.0 g/mol. The summed E-state index contributed by atoms with van der Waals surface area (Å²) in [7, 11) is 1.00. The summed E-state index contributed by atoms with van der Waals surface area (Å²) in [5, 5.41) is 7.00. The minimum absolute atomic E-state index is 0. The van der Waals surface area contributed by atoms with E-state index in [1.165, 1.54) is 0 Å². The van der Waals surface area contributed by atoms with Gasteiger partial charge in [-0.2, -0.15) is 0 Å². The van der Waals surface area contributed by atoms with Crippen molar-refractivity contribution in [1.29, 1.82) is 0 Å². The number of hydrogen-bond acceptors (Lipinski definition) is 1. The zero-order valence-electron chi connectivity index (χ0n) is 2.30. The Balaban J connectivity index is -0.00000000500. The van der Waals surface area contributed by atoms with Gasteiger partial charge in [-0.3, -0.25) is 0 Å². The fourth-order valence-electron chi connectivity index (χ4n) is 0. The van der Waals surface area contributed by atoms with Crippen molar-refractivity contribution in [2.45, 2.75) is 0 Å². The highest BCUT2D eigenvalue weighted by molar-refractivity contribution is 3.18. The maximum Gasteiger partial charge on any atom is 0.0319 e. The van der Waals surface area contributed by atoms with Crippen LogP contribution in [0.2, 0.25) is 0 Å². The number of hydrogen-bond donors (Lipinski definition) is 1. The van der Waals surface area contributed by atoms with E-state index >= 15 is 0 Å². The number of nitrogens with zero attached hydrogens (tertiary/aromatic N) is 1. The lowest BCUT2D eigenvalue weighted by Gasteiger charge is -1.21. The molecule has 0 unspecified atom stereocenters. The molecule has 0 atom stereocenters. The van der Waals surface area contributed by atoms with Gasteiger partial charge in [0.15, 0.2) is 0 Å². The van der Waals surface area contributed by atoms with Gasteiger partial charge in [-0.25, -0.2) is 0 Å². The molecular formula is CH4NO2. The van der Waals surface area contributed by atoms with Crippen LogP contribution in [0.15, 0.2) is 0 Å². The van der Waals surface area contributed by atoms with Gasteiger partial charge < -0.3 is 5.11 Å². The van der Waals surface area contributed by atoms with E-state index in [4.69, 9.17) is 5.11 Å². The first-order chi connectivity index (χ1) is 1.00. The molecule has 3 heteroatoms. The van der Waals surface area contributed by atoms with E-state index in [0.717, 1.165) is 7.11 Å². The Bertz CT molecular complexity index is 6.00. The SMILES string of the molecule is CO.[N].[O]. The van der Waals surface area contributed by atoms with Gasteiger partial charge in [0, 0.05) is 18.7 Å². The molecule has 0 spiro atoms. The van der Waals surface area contributed by atoms with Gasteiger partial charge in [0.25, 0.3) is 0 Å². The molecule has 0 aromatic carbocycles. The fourth-order valence-corrected chi connectivity index (χ4v) is 0. The van der Waals surface area contributed by atoms with Crippen LogP contribution in [-0.4, -0.2) is 12.2 Å².